The molecule has 5 nitrogen and oxygen atoms in total. The van der Waals surface area contributed by atoms with Crippen LogP contribution in [0.2, 0.25) is 0 Å². The highest BCUT2D eigenvalue weighted by Crippen LogP contribution is 2.31. The predicted molar refractivity (Wildman–Crippen MR) is 106 cm³/mol. The zero-order valence-corrected chi connectivity index (χ0v) is 16.5. The number of aromatic nitrogens is 2. The summed E-state index contributed by atoms with van der Waals surface area (Å²) in [5.74, 6) is 1.11. The van der Waals surface area contributed by atoms with Crippen LogP contribution >= 0.6 is 11.3 Å². The van der Waals surface area contributed by atoms with Crippen molar-refractivity contribution in [3.05, 3.63) is 44.7 Å². The number of aryl methyl sites for hydroxylation is 2. The second kappa shape index (κ2) is 7.32. The molecule has 0 aromatic carbocycles. The summed E-state index contributed by atoms with van der Waals surface area (Å²) in [6.07, 6.45) is 11.2. The smallest absolute Gasteiger partial charge is 0.264 e. The van der Waals surface area contributed by atoms with Gasteiger partial charge in [-0.05, 0) is 56.7 Å². The maximum atomic E-state index is 13.0. The monoisotopic (exact) mass is 382 g/mol. The van der Waals surface area contributed by atoms with Gasteiger partial charge >= 0.3 is 0 Å². The molecule has 2 aromatic heterocycles. The number of piperidine rings is 1. The largest absolute Gasteiger partial charge is 0.333 e. The first kappa shape index (κ1) is 17.3. The Balaban J connectivity index is 1.32. The highest BCUT2D eigenvalue weighted by molar-refractivity contribution is 7.14. The van der Waals surface area contributed by atoms with Gasteiger partial charge in [0.2, 0.25) is 0 Å². The number of carbonyl (C=O) groups excluding carboxylic acids is 1. The number of nitrogens with one attached hydrogen (secondary N) is 1. The third-order valence-corrected chi connectivity index (χ3v) is 7.29. The van der Waals surface area contributed by atoms with Crippen molar-refractivity contribution in [1.82, 2.24) is 20.2 Å². The van der Waals surface area contributed by atoms with E-state index in [1.54, 1.807) is 11.3 Å². The fraction of sp³-hybridized carbons (Fsp3) is 0.571. The van der Waals surface area contributed by atoms with Gasteiger partial charge in [0.1, 0.15) is 5.82 Å². The Hall–Kier alpha value is -1.79. The van der Waals surface area contributed by atoms with Crippen molar-refractivity contribution in [3.8, 4) is 0 Å². The predicted octanol–water partition coefficient (Wildman–Crippen LogP) is 3.43. The van der Waals surface area contributed by atoms with Crippen LogP contribution in [0.5, 0.6) is 0 Å². The molecule has 4 heterocycles. The summed E-state index contributed by atoms with van der Waals surface area (Å²) in [4.78, 5) is 26.8. The van der Waals surface area contributed by atoms with Crippen molar-refractivity contribution in [3.63, 3.8) is 0 Å². The average molecular weight is 383 g/mol. The molecule has 0 spiro atoms. The maximum Gasteiger partial charge on any atom is 0.264 e. The first-order valence-electron chi connectivity index (χ1n) is 10.3. The van der Waals surface area contributed by atoms with Crippen LogP contribution < -0.4 is 5.32 Å². The van der Waals surface area contributed by atoms with Crippen LogP contribution in [0.15, 0.2) is 12.3 Å². The number of carbonyl (C=O) groups is 1. The zero-order chi connectivity index (χ0) is 18.2. The average Bonchev–Trinajstić information content (AvgIpc) is 3.17. The molecule has 1 fully saturated rings. The van der Waals surface area contributed by atoms with E-state index >= 15 is 0 Å². The molecule has 1 unspecified atom stereocenters. The minimum Gasteiger partial charge on any atom is -0.333 e. The number of amides is 1. The molecule has 1 atom stereocenters. The molecule has 27 heavy (non-hydrogen) atoms. The maximum absolute atomic E-state index is 13.0. The Kier molecular flexibility index (Phi) is 4.70. The van der Waals surface area contributed by atoms with E-state index in [0.717, 1.165) is 60.7 Å². The number of thiophene rings is 1. The third kappa shape index (κ3) is 3.41. The zero-order valence-electron chi connectivity index (χ0n) is 15.7. The van der Waals surface area contributed by atoms with E-state index in [9.17, 15) is 4.79 Å². The lowest BCUT2D eigenvalue weighted by Gasteiger charge is -2.29. The summed E-state index contributed by atoms with van der Waals surface area (Å²) in [6, 6.07) is 2.44. The van der Waals surface area contributed by atoms with Gasteiger partial charge in [0.15, 0.2) is 0 Å². The second-order valence-electron chi connectivity index (χ2n) is 7.95. The molecule has 1 saturated heterocycles. The molecule has 1 aliphatic carbocycles. The first-order valence-corrected chi connectivity index (χ1v) is 11.1. The lowest BCUT2D eigenvalue weighted by atomic mass is 9.99. The van der Waals surface area contributed by atoms with Crippen LogP contribution in [-0.2, 0) is 25.8 Å². The van der Waals surface area contributed by atoms with E-state index in [0.29, 0.717) is 12.6 Å². The minimum absolute atomic E-state index is 0.179. The van der Waals surface area contributed by atoms with Crippen LogP contribution in [0.4, 0.5) is 0 Å². The molecule has 1 N–H and O–H groups in total. The van der Waals surface area contributed by atoms with Gasteiger partial charge in [0.25, 0.3) is 5.91 Å². The number of fused-ring (bicyclic) bond motifs is 2. The molecule has 3 aliphatic rings. The molecule has 1 amide bonds. The van der Waals surface area contributed by atoms with Crippen LogP contribution in [-0.4, -0.2) is 33.9 Å². The summed E-state index contributed by atoms with van der Waals surface area (Å²) in [7, 11) is 0. The topological polar surface area (TPSA) is 58.1 Å². The minimum atomic E-state index is 0.179. The number of hydrogen-bond donors (Lipinski definition) is 1. The van der Waals surface area contributed by atoms with Gasteiger partial charge in [-0.25, -0.2) is 9.97 Å². The van der Waals surface area contributed by atoms with E-state index in [4.69, 9.17) is 4.98 Å². The van der Waals surface area contributed by atoms with Crippen molar-refractivity contribution in [1.29, 1.82) is 0 Å². The van der Waals surface area contributed by atoms with Crippen molar-refractivity contribution in [2.24, 2.45) is 0 Å². The molecule has 0 bridgehead atoms. The van der Waals surface area contributed by atoms with E-state index < -0.39 is 0 Å². The van der Waals surface area contributed by atoms with Gasteiger partial charge in [-0.2, -0.15) is 0 Å². The summed E-state index contributed by atoms with van der Waals surface area (Å²) >= 11 is 1.71. The van der Waals surface area contributed by atoms with Crippen LogP contribution in [0.1, 0.15) is 75.3 Å². The lowest BCUT2D eigenvalue weighted by Crippen LogP contribution is -2.36. The van der Waals surface area contributed by atoms with Crippen molar-refractivity contribution in [2.75, 3.05) is 13.1 Å². The van der Waals surface area contributed by atoms with Crippen molar-refractivity contribution < 1.29 is 4.79 Å². The van der Waals surface area contributed by atoms with E-state index in [1.807, 2.05) is 11.1 Å². The SMILES string of the molecule is O=C(c1cc2c(s1)CCCC2)N1CCc2nc(C3CCCCN3)ncc2C1. The Bertz CT molecular complexity index is 832. The van der Waals surface area contributed by atoms with Gasteiger partial charge < -0.3 is 10.2 Å². The Morgan fingerprint density at radius 2 is 2.07 bits per heavy atom. The molecule has 2 aliphatic heterocycles. The Labute approximate surface area is 164 Å². The molecule has 5 rings (SSSR count). The second-order valence-corrected chi connectivity index (χ2v) is 9.08. The normalized spacial score (nSPS) is 22.2. The highest BCUT2D eigenvalue weighted by Gasteiger charge is 2.27. The fourth-order valence-corrected chi connectivity index (χ4v) is 5.72. The Morgan fingerprint density at radius 1 is 1.15 bits per heavy atom. The van der Waals surface area contributed by atoms with E-state index in [2.05, 4.69) is 16.4 Å². The van der Waals surface area contributed by atoms with Gasteiger partial charge in [-0.15, -0.1) is 11.3 Å². The molecular weight excluding hydrogens is 356 g/mol. The van der Waals surface area contributed by atoms with Crippen LogP contribution in [0.3, 0.4) is 0 Å². The van der Waals surface area contributed by atoms with Gasteiger partial charge in [-0.3, -0.25) is 4.79 Å². The van der Waals surface area contributed by atoms with Gasteiger partial charge in [-0.1, -0.05) is 6.42 Å². The summed E-state index contributed by atoms with van der Waals surface area (Å²) in [5.41, 5.74) is 3.64. The summed E-state index contributed by atoms with van der Waals surface area (Å²) in [6.45, 7) is 2.44. The Morgan fingerprint density at radius 3 is 2.93 bits per heavy atom. The van der Waals surface area contributed by atoms with Gasteiger partial charge in [0, 0.05) is 36.1 Å². The lowest BCUT2D eigenvalue weighted by molar-refractivity contribution is 0.0738. The molecule has 2 aromatic rings. The fourth-order valence-electron chi connectivity index (χ4n) is 4.50. The number of rotatable bonds is 2. The van der Waals surface area contributed by atoms with Gasteiger partial charge in [0.05, 0.1) is 16.6 Å². The molecular formula is C21H26N4OS. The van der Waals surface area contributed by atoms with E-state index in [1.165, 1.54) is 36.1 Å². The van der Waals surface area contributed by atoms with E-state index in [-0.39, 0.29) is 5.91 Å². The molecule has 0 radical (unpaired) electrons. The standard InChI is InChI=1S/C21H26N4OS/c26-21(19-11-14-5-1-2-7-18(14)27-19)25-10-8-16-15(13-25)12-23-20(24-16)17-6-3-4-9-22-17/h11-12,17,22H,1-10,13H2. The molecule has 0 saturated carbocycles. The third-order valence-electron chi connectivity index (χ3n) is 6.07. The van der Waals surface area contributed by atoms with Crippen molar-refractivity contribution >= 4 is 17.2 Å². The highest BCUT2D eigenvalue weighted by atomic mass is 32.1. The quantitative estimate of drug-likeness (QED) is 0.865. The number of nitrogens with zero attached hydrogens (tertiary/aromatic N) is 3. The van der Waals surface area contributed by atoms with Crippen LogP contribution in [0, 0.1) is 0 Å². The number of hydrogen-bond acceptors (Lipinski definition) is 5. The van der Waals surface area contributed by atoms with Crippen LogP contribution in [0.25, 0.3) is 0 Å². The summed E-state index contributed by atoms with van der Waals surface area (Å²) < 4.78 is 0. The molecule has 6 heteroatoms. The summed E-state index contributed by atoms with van der Waals surface area (Å²) in [5, 5.41) is 3.53. The first-order chi connectivity index (χ1) is 13.3. The van der Waals surface area contributed by atoms with Crippen molar-refractivity contribution in [2.45, 2.75) is 64.0 Å². The molecule has 142 valence electrons.